The van der Waals surface area contributed by atoms with E-state index >= 15 is 0 Å². The highest BCUT2D eigenvalue weighted by molar-refractivity contribution is 6.29. The molecule has 0 spiro atoms. The van der Waals surface area contributed by atoms with E-state index < -0.39 is 5.60 Å². The van der Waals surface area contributed by atoms with Gasteiger partial charge in [0.1, 0.15) is 16.6 Å². The summed E-state index contributed by atoms with van der Waals surface area (Å²) >= 11 is 5.90. The van der Waals surface area contributed by atoms with Gasteiger partial charge in [-0.05, 0) is 40.5 Å². The highest BCUT2D eigenvalue weighted by atomic mass is 35.5. The van der Waals surface area contributed by atoms with Crippen molar-refractivity contribution in [2.24, 2.45) is 0 Å². The summed E-state index contributed by atoms with van der Waals surface area (Å²) in [6.07, 6.45) is 4.53. The Morgan fingerprint density at radius 3 is 2.77 bits per heavy atom. The molecule has 0 radical (unpaired) electrons. The lowest BCUT2D eigenvalue weighted by Gasteiger charge is -2.38. The van der Waals surface area contributed by atoms with Gasteiger partial charge < -0.3 is 15.0 Å². The summed E-state index contributed by atoms with van der Waals surface area (Å²) in [6.45, 7) is 8.46. The van der Waals surface area contributed by atoms with Crippen LogP contribution in [-0.2, 0) is 4.74 Å². The molecule has 0 bridgehead atoms. The minimum Gasteiger partial charge on any atom is -0.444 e. The summed E-state index contributed by atoms with van der Waals surface area (Å²) in [4.78, 5) is 22.4. The van der Waals surface area contributed by atoms with Gasteiger partial charge in [0.05, 0.1) is 12.4 Å². The van der Waals surface area contributed by atoms with Crippen LogP contribution in [0.5, 0.6) is 0 Å². The normalized spacial score (nSPS) is 22.3. The van der Waals surface area contributed by atoms with Crippen molar-refractivity contribution >= 4 is 23.5 Å². The average molecular weight is 327 g/mol. The van der Waals surface area contributed by atoms with Gasteiger partial charge in [0.25, 0.3) is 0 Å². The molecule has 6 nitrogen and oxygen atoms in total. The predicted octanol–water partition coefficient (Wildman–Crippen LogP) is 3.01. The van der Waals surface area contributed by atoms with Crippen molar-refractivity contribution in [1.29, 1.82) is 0 Å². The Kier molecular flexibility index (Phi) is 5.11. The van der Waals surface area contributed by atoms with Crippen LogP contribution in [0.25, 0.3) is 0 Å². The molecule has 2 unspecified atom stereocenters. The zero-order chi connectivity index (χ0) is 16.3. The highest BCUT2D eigenvalue weighted by Gasteiger charge is 2.28. The number of rotatable bonds is 2. The van der Waals surface area contributed by atoms with Crippen molar-refractivity contribution in [2.45, 2.75) is 58.2 Å². The zero-order valence-corrected chi connectivity index (χ0v) is 14.2. The van der Waals surface area contributed by atoms with Gasteiger partial charge in [-0.25, -0.2) is 9.78 Å². The average Bonchev–Trinajstić information content (AvgIpc) is 2.36. The third-order valence-electron chi connectivity index (χ3n) is 3.48. The van der Waals surface area contributed by atoms with Crippen LogP contribution in [-0.4, -0.2) is 40.3 Å². The fraction of sp³-hybridized carbons (Fsp3) is 0.667. The monoisotopic (exact) mass is 326 g/mol. The number of nitrogens with one attached hydrogen (secondary N) is 1. The molecule has 0 aromatic carbocycles. The fourth-order valence-electron chi connectivity index (χ4n) is 2.59. The number of ether oxygens (including phenoxy) is 1. The van der Waals surface area contributed by atoms with Crippen molar-refractivity contribution in [1.82, 2.24) is 15.3 Å². The van der Waals surface area contributed by atoms with Crippen LogP contribution < -0.4 is 10.2 Å². The van der Waals surface area contributed by atoms with E-state index in [2.05, 4.69) is 27.1 Å². The Morgan fingerprint density at radius 1 is 1.45 bits per heavy atom. The van der Waals surface area contributed by atoms with Crippen LogP contribution >= 0.6 is 11.6 Å². The first-order valence-corrected chi connectivity index (χ1v) is 7.86. The van der Waals surface area contributed by atoms with Gasteiger partial charge >= 0.3 is 6.09 Å². The molecule has 1 amide bonds. The molecule has 1 N–H and O–H groups in total. The molecule has 122 valence electrons. The predicted molar refractivity (Wildman–Crippen MR) is 86.2 cm³/mol. The van der Waals surface area contributed by atoms with Crippen molar-refractivity contribution in [3.8, 4) is 0 Å². The summed E-state index contributed by atoms with van der Waals surface area (Å²) in [5.41, 5.74) is -0.479. The van der Waals surface area contributed by atoms with E-state index in [0.717, 1.165) is 25.2 Å². The number of amides is 1. The molecule has 2 heterocycles. The first-order chi connectivity index (χ1) is 10.2. The minimum absolute atomic E-state index is 0.105. The van der Waals surface area contributed by atoms with E-state index in [-0.39, 0.29) is 18.2 Å². The quantitative estimate of drug-likeness (QED) is 0.904. The van der Waals surface area contributed by atoms with E-state index in [1.54, 1.807) is 6.20 Å². The molecule has 1 aromatic heterocycles. The van der Waals surface area contributed by atoms with Crippen LogP contribution in [0.3, 0.4) is 0 Å². The molecule has 2 atom stereocenters. The van der Waals surface area contributed by atoms with Gasteiger partial charge in [-0.3, -0.25) is 4.98 Å². The summed E-state index contributed by atoms with van der Waals surface area (Å²) in [7, 11) is 0. The lowest BCUT2D eigenvalue weighted by atomic mass is 9.98. The fourth-order valence-corrected chi connectivity index (χ4v) is 2.73. The smallest absolute Gasteiger partial charge is 0.407 e. The second kappa shape index (κ2) is 6.69. The summed E-state index contributed by atoms with van der Waals surface area (Å²) in [6, 6.07) is 0.342. The van der Waals surface area contributed by atoms with Crippen molar-refractivity contribution in [3.05, 3.63) is 17.5 Å². The van der Waals surface area contributed by atoms with Gasteiger partial charge in [0, 0.05) is 18.6 Å². The van der Waals surface area contributed by atoms with Crippen LogP contribution in [0, 0.1) is 0 Å². The van der Waals surface area contributed by atoms with Crippen LogP contribution in [0.15, 0.2) is 12.4 Å². The Balaban J connectivity index is 1.91. The lowest BCUT2D eigenvalue weighted by molar-refractivity contribution is 0.0494. The number of carbonyl (C=O) groups excluding carboxylic acids is 1. The number of anilines is 1. The Labute approximate surface area is 136 Å². The van der Waals surface area contributed by atoms with E-state index in [1.807, 2.05) is 20.8 Å². The molecule has 1 aliphatic heterocycles. The van der Waals surface area contributed by atoms with E-state index in [9.17, 15) is 4.79 Å². The summed E-state index contributed by atoms with van der Waals surface area (Å²) < 4.78 is 5.30. The number of alkyl carbamates (subject to hydrolysis) is 1. The maximum atomic E-state index is 11.8. The van der Waals surface area contributed by atoms with Crippen LogP contribution in [0.4, 0.5) is 10.6 Å². The molecule has 0 saturated carbocycles. The third-order valence-corrected chi connectivity index (χ3v) is 3.67. The van der Waals surface area contributed by atoms with Gasteiger partial charge in [-0.1, -0.05) is 11.6 Å². The number of aromatic nitrogens is 2. The molecule has 7 heteroatoms. The standard InChI is InChI=1S/C15H23ClN4O2/c1-10-7-11(18-14(21)22-15(2,3)4)5-6-20(10)13-9-17-8-12(16)19-13/h8-11H,5-7H2,1-4H3,(H,18,21). The van der Waals surface area contributed by atoms with E-state index in [1.165, 1.54) is 6.20 Å². The SMILES string of the molecule is CC1CC(NC(=O)OC(C)(C)C)CCN1c1cncc(Cl)n1. The Bertz CT molecular complexity index is 533. The van der Waals surface area contributed by atoms with Gasteiger partial charge in [0.2, 0.25) is 0 Å². The first-order valence-electron chi connectivity index (χ1n) is 7.48. The van der Waals surface area contributed by atoms with E-state index in [0.29, 0.717) is 5.15 Å². The zero-order valence-electron chi connectivity index (χ0n) is 13.5. The highest BCUT2D eigenvalue weighted by Crippen LogP contribution is 2.24. The summed E-state index contributed by atoms with van der Waals surface area (Å²) in [5.74, 6) is 0.774. The van der Waals surface area contributed by atoms with Crippen molar-refractivity contribution < 1.29 is 9.53 Å². The Hall–Kier alpha value is -1.56. The molecule has 1 aromatic rings. The lowest BCUT2D eigenvalue weighted by Crippen LogP contribution is -2.50. The number of piperidine rings is 1. The van der Waals surface area contributed by atoms with E-state index in [4.69, 9.17) is 16.3 Å². The molecular weight excluding hydrogens is 304 g/mol. The maximum Gasteiger partial charge on any atom is 0.407 e. The molecular formula is C15H23ClN4O2. The van der Waals surface area contributed by atoms with Crippen LogP contribution in [0.2, 0.25) is 5.15 Å². The molecule has 22 heavy (non-hydrogen) atoms. The summed E-state index contributed by atoms with van der Waals surface area (Å²) in [5, 5.41) is 3.33. The first kappa shape index (κ1) is 16.8. The van der Waals surface area contributed by atoms with Crippen molar-refractivity contribution in [3.63, 3.8) is 0 Å². The molecule has 1 fully saturated rings. The van der Waals surface area contributed by atoms with Gasteiger partial charge in [0.15, 0.2) is 0 Å². The number of nitrogens with zero attached hydrogens (tertiary/aromatic N) is 3. The molecule has 1 aliphatic rings. The van der Waals surface area contributed by atoms with Gasteiger partial charge in [-0.2, -0.15) is 0 Å². The van der Waals surface area contributed by atoms with Crippen LogP contribution in [0.1, 0.15) is 40.5 Å². The number of halogens is 1. The topological polar surface area (TPSA) is 67.3 Å². The third kappa shape index (κ3) is 4.73. The number of carbonyl (C=O) groups is 1. The molecule has 0 aliphatic carbocycles. The minimum atomic E-state index is -0.479. The maximum absolute atomic E-state index is 11.8. The Morgan fingerprint density at radius 2 is 2.18 bits per heavy atom. The van der Waals surface area contributed by atoms with Gasteiger partial charge in [-0.15, -0.1) is 0 Å². The number of hydrogen-bond donors (Lipinski definition) is 1. The molecule has 1 saturated heterocycles. The largest absolute Gasteiger partial charge is 0.444 e. The molecule has 2 rings (SSSR count). The number of hydrogen-bond acceptors (Lipinski definition) is 5. The second-order valence-corrected chi connectivity index (χ2v) is 7.00. The second-order valence-electron chi connectivity index (χ2n) is 6.61. The van der Waals surface area contributed by atoms with Crippen molar-refractivity contribution in [2.75, 3.05) is 11.4 Å².